The summed E-state index contributed by atoms with van der Waals surface area (Å²) in [6.07, 6.45) is 10.2. The number of unbranched alkanes of at least 4 members (excludes halogenated alkanes) is 2. The van der Waals surface area contributed by atoms with Crippen LogP contribution in [0.2, 0.25) is 0 Å². The van der Waals surface area contributed by atoms with E-state index >= 15 is 0 Å². The Morgan fingerprint density at radius 3 is 1.80 bits per heavy atom. The summed E-state index contributed by atoms with van der Waals surface area (Å²) in [6, 6.07) is 15.3. The first kappa shape index (κ1) is 52.2. The number of ether oxygens (including phenoxy) is 4. The van der Waals surface area contributed by atoms with Crippen LogP contribution < -0.4 is 31.6 Å². The number of aryl methyl sites for hydroxylation is 1. The maximum atomic E-state index is 12.4. The minimum atomic E-state index is -0.424. The molecule has 0 bridgehead atoms. The van der Waals surface area contributed by atoms with Gasteiger partial charge < -0.3 is 65.3 Å². The van der Waals surface area contributed by atoms with Gasteiger partial charge in [0.05, 0.1) is 76.9 Å². The number of benzene rings is 2. The van der Waals surface area contributed by atoms with Gasteiger partial charge >= 0.3 is 5.97 Å². The fourth-order valence-corrected chi connectivity index (χ4v) is 8.54. The van der Waals surface area contributed by atoms with Gasteiger partial charge in [0.15, 0.2) is 18.2 Å². The van der Waals surface area contributed by atoms with E-state index in [0.29, 0.717) is 68.7 Å². The van der Waals surface area contributed by atoms with E-state index in [1.807, 2.05) is 65.5 Å². The topological polar surface area (TPSA) is 252 Å². The number of esters is 1. The Morgan fingerprint density at radius 2 is 1.29 bits per heavy atom. The number of nitrogens with two attached hydrogens (primary N) is 2. The average Bonchev–Trinajstić information content (AvgIpc) is 3.96. The van der Waals surface area contributed by atoms with Crippen molar-refractivity contribution in [3.05, 3.63) is 82.1 Å². The lowest BCUT2D eigenvalue weighted by molar-refractivity contribution is -0.153. The molecule has 0 saturated carbocycles. The van der Waals surface area contributed by atoms with E-state index in [1.54, 1.807) is 19.1 Å². The summed E-state index contributed by atoms with van der Waals surface area (Å²) in [5, 5.41) is 26.4. The normalized spacial score (nSPS) is 13.4. The summed E-state index contributed by atoms with van der Waals surface area (Å²) in [5.74, 6) is 2.45. The third kappa shape index (κ3) is 14.4. The average molecular weight is 1020 g/mol. The summed E-state index contributed by atoms with van der Waals surface area (Å²) >= 11 is 3.52. The van der Waals surface area contributed by atoms with Gasteiger partial charge in [-0.3, -0.25) is 9.59 Å². The number of hydrogen-bond acceptors (Lipinski definition) is 16. The Hall–Kier alpha value is -6.22. The van der Waals surface area contributed by atoms with E-state index in [-0.39, 0.29) is 56.1 Å². The fraction of sp³-hybridized carbons (Fsp3) is 0.469. The number of halogens is 1. The first-order valence-electron chi connectivity index (χ1n) is 23.5. The van der Waals surface area contributed by atoms with Crippen molar-refractivity contribution in [3.8, 4) is 11.5 Å². The predicted molar refractivity (Wildman–Crippen MR) is 270 cm³/mol. The molecule has 1 aliphatic heterocycles. The zero-order chi connectivity index (χ0) is 49.3. The molecule has 20 heteroatoms. The van der Waals surface area contributed by atoms with Crippen LogP contribution in [0.5, 0.6) is 11.5 Å². The van der Waals surface area contributed by atoms with Crippen molar-refractivity contribution in [2.75, 3.05) is 82.4 Å². The summed E-state index contributed by atoms with van der Waals surface area (Å²) in [6.45, 7) is 7.07. The molecule has 5 heterocycles. The number of methoxy groups -OCH3 is 2. The van der Waals surface area contributed by atoms with Crippen LogP contribution in [-0.4, -0.2) is 128 Å². The number of amides is 1. The largest absolute Gasteiger partial charge is 0.496 e. The van der Waals surface area contributed by atoms with Crippen molar-refractivity contribution in [1.29, 1.82) is 0 Å². The SMILES string of the molecule is CCCC[C@@H](CO)Nc1nc(N)nc2ccn(Cc3cc(Br)ccc3OC)c12.CCCC[C@@H](CO)Nc1nc(N)nc2ccn(Cc3cc(CCC(=O)OCC(=O)N4CCOCC4)ccc3OC)c12. The van der Waals surface area contributed by atoms with Crippen molar-refractivity contribution in [2.24, 2.45) is 0 Å². The molecule has 19 nitrogen and oxygen atoms in total. The first-order chi connectivity index (χ1) is 33.5. The number of aromatic nitrogens is 6. The third-order valence-electron chi connectivity index (χ3n) is 11.8. The number of nitrogens with zero attached hydrogens (tertiary/aromatic N) is 7. The number of fused-ring (bicyclic) bond motifs is 2. The Labute approximate surface area is 411 Å². The number of nitrogens with one attached hydrogen (secondary N) is 2. The predicted octanol–water partition coefficient (Wildman–Crippen LogP) is 6.16. The lowest BCUT2D eigenvalue weighted by Crippen LogP contribution is -2.42. The maximum Gasteiger partial charge on any atom is 0.306 e. The molecule has 1 amide bonds. The summed E-state index contributed by atoms with van der Waals surface area (Å²) in [4.78, 5) is 43.9. The van der Waals surface area contributed by atoms with Crippen molar-refractivity contribution < 1.29 is 38.7 Å². The van der Waals surface area contributed by atoms with Gasteiger partial charge in [-0.25, -0.2) is 9.97 Å². The highest BCUT2D eigenvalue weighted by Gasteiger charge is 2.21. The van der Waals surface area contributed by atoms with Gasteiger partial charge in [-0.1, -0.05) is 67.6 Å². The monoisotopic (exact) mass is 1020 g/mol. The van der Waals surface area contributed by atoms with Gasteiger partial charge in [-0.15, -0.1) is 0 Å². The van der Waals surface area contributed by atoms with E-state index in [2.05, 4.69) is 64.9 Å². The maximum absolute atomic E-state index is 12.4. The van der Waals surface area contributed by atoms with Gasteiger partial charge in [0, 0.05) is 47.5 Å². The first-order valence-corrected chi connectivity index (χ1v) is 24.2. The van der Waals surface area contributed by atoms with Crippen molar-refractivity contribution in [1.82, 2.24) is 34.0 Å². The number of carbonyl (C=O) groups is 2. The highest BCUT2D eigenvalue weighted by atomic mass is 79.9. The van der Waals surface area contributed by atoms with E-state index in [1.165, 1.54) is 0 Å². The van der Waals surface area contributed by atoms with E-state index in [0.717, 1.165) is 82.0 Å². The molecular formula is C49H66BrN11O8. The number of aliphatic hydroxyl groups is 2. The lowest BCUT2D eigenvalue weighted by Gasteiger charge is -2.26. The molecule has 1 aliphatic rings. The summed E-state index contributed by atoms with van der Waals surface area (Å²) in [7, 11) is 3.28. The minimum absolute atomic E-state index is 0.0220. The highest BCUT2D eigenvalue weighted by molar-refractivity contribution is 9.10. The Morgan fingerprint density at radius 1 is 0.768 bits per heavy atom. The van der Waals surface area contributed by atoms with Crippen LogP contribution in [0.1, 0.15) is 75.5 Å². The molecule has 69 heavy (non-hydrogen) atoms. The molecule has 7 rings (SSSR count). The van der Waals surface area contributed by atoms with Gasteiger partial charge in [0.1, 0.15) is 22.5 Å². The second-order valence-electron chi connectivity index (χ2n) is 16.8. The minimum Gasteiger partial charge on any atom is -0.496 e. The number of aliphatic hydroxyl groups excluding tert-OH is 2. The van der Waals surface area contributed by atoms with Gasteiger partial charge in [0.2, 0.25) is 11.9 Å². The molecule has 0 unspecified atom stereocenters. The van der Waals surface area contributed by atoms with E-state index in [9.17, 15) is 19.8 Å². The molecule has 8 N–H and O–H groups in total. The molecular weight excluding hydrogens is 951 g/mol. The van der Waals surface area contributed by atoms with Gasteiger partial charge in [-0.05, 0) is 61.2 Å². The number of anilines is 4. The van der Waals surface area contributed by atoms with Gasteiger partial charge in [-0.2, -0.15) is 9.97 Å². The molecule has 1 saturated heterocycles. The number of rotatable bonds is 23. The molecule has 6 aromatic rings. The van der Waals surface area contributed by atoms with Crippen LogP contribution in [0, 0.1) is 0 Å². The van der Waals surface area contributed by atoms with Crippen molar-refractivity contribution in [3.63, 3.8) is 0 Å². The van der Waals surface area contributed by atoms with Crippen LogP contribution in [0.3, 0.4) is 0 Å². The van der Waals surface area contributed by atoms with E-state index < -0.39 is 5.97 Å². The molecule has 1 fully saturated rings. The van der Waals surface area contributed by atoms with E-state index in [4.69, 9.17) is 30.4 Å². The van der Waals surface area contributed by atoms with Crippen LogP contribution in [0.15, 0.2) is 65.4 Å². The lowest BCUT2D eigenvalue weighted by atomic mass is 10.1. The Bertz CT molecular complexity index is 2620. The standard InChI is InChI=1S/C29H40N6O6.C20H26BrN5O2/c1-3-4-5-22(18-36)31-28-27-23(32-29(30)33-28)10-11-35(27)17-21-16-20(6-8-24(21)39-2)7-9-26(38)41-19-25(37)34-12-14-40-15-13-34;1-3-4-5-15(12-27)23-19-18-16(24-20(22)25-19)8-9-26(18)11-13-10-14(21)6-7-17(13)28-2/h6,8,10-11,16,22,36H,3-5,7,9,12-15,17-19H2,1-2H3,(H3,30,31,32,33);6-10,15,27H,3-5,11-12H2,1-2H3,(H3,22,23,24,25)/t22-;15-/m00/s1. The second-order valence-corrected chi connectivity index (χ2v) is 17.7. The summed E-state index contributed by atoms with van der Waals surface area (Å²) in [5.41, 5.74) is 17.8. The molecule has 2 atom stereocenters. The third-order valence-corrected chi connectivity index (χ3v) is 12.3. The second kappa shape index (κ2) is 26.0. The highest BCUT2D eigenvalue weighted by Crippen LogP contribution is 2.30. The van der Waals surface area contributed by atoms with Crippen molar-refractivity contribution in [2.45, 2.75) is 90.4 Å². The number of carbonyl (C=O) groups excluding carboxylic acids is 2. The Kier molecular flexibility index (Phi) is 19.6. The number of hydrogen-bond donors (Lipinski definition) is 6. The van der Waals surface area contributed by atoms with Crippen molar-refractivity contribution >= 4 is 73.4 Å². The molecule has 0 radical (unpaired) electrons. The molecule has 0 aliphatic carbocycles. The van der Waals surface area contributed by atoms with Gasteiger partial charge in [0.25, 0.3) is 5.91 Å². The number of nitrogen functional groups attached to an aromatic ring is 2. The summed E-state index contributed by atoms with van der Waals surface area (Å²) < 4.78 is 26.7. The fourth-order valence-electron chi connectivity index (χ4n) is 8.13. The Balaban J connectivity index is 0.000000243. The molecule has 2 aromatic carbocycles. The van der Waals surface area contributed by atoms with Crippen LogP contribution >= 0.6 is 15.9 Å². The number of morpholine rings is 1. The zero-order valence-electron chi connectivity index (χ0n) is 40.0. The quantitative estimate of drug-likeness (QED) is 0.0393. The molecule has 0 spiro atoms. The van der Waals surface area contributed by atoms with Crippen LogP contribution in [-0.2, 0) is 38.6 Å². The smallest absolute Gasteiger partial charge is 0.306 e. The zero-order valence-corrected chi connectivity index (χ0v) is 41.5. The molecule has 4 aromatic heterocycles. The van der Waals surface area contributed by atoms with Crippen LogP contribution in [0.25, 0.3) is 22.1 Å². The van der Waals surface area contributed by atoms with Crippen LogP contribution in [0.4, 0.5) is 23.5 Å². The molecule has 372 valence electrons.